The molecule has 1 fully saturated rings. The normalized spacial score (nSPS) is 16.8. The number of hydrogen-bond donors (Lipinski definition) is 2. The van der Waals surface area contributed by atoms with Gasteiger partial charge in [-0.3, -0.25) is 19.3 Å². The fraction of sp³-hybridized carbons (Fsp3) is 0.143. The van der Waals surface area contributed by atoms with Crippen LogP contribution in [0.25, 0.3) is 6.08 Å². The quantitative estimate of drug-likeness (QED) is 0.758. The van der Waals surface area contributed by atoms with Crippen LogP contribution in [0.3, 0.4) is 0 Å². The van der Waals surface area contributed by atoms with E-state index < -0.39 is 23.7 Å². The Balaban J connectivity index is 2.30. The van der Waals surface area contributed by atoms with Crippen molar-refractivity contribution in [1.29, 1.82) is 0 Å². The van der Waals surface area contributed by atoms with E-state index in [2.05, 4.69) is 5.32 Å². The molecule has 2 rings (SSSR count). The minimum atomic E-state index is -1.06. The highest BCUT2D eigenvalue weighted by atomic mass is 16.4. The van der Waals surface area contributed by atoms with E-state index in [1.54, 1.807) is 0 Å². The molecule has 0 bridgehead atoms. The largest absolute Gasteiger partial charge is 0.478 e. The number of carbonyl (C=O) groups is 4. The second kappa shape index (κ2) is 5.58. The number of nitrogens with one attached hydrogen (secondary N) is 1. The summed E-state index contributed by atoms with van der Waals surface area (Å²) in [6, 6.07) is 5.77. The molecule has 7 nitrogen and oxygen atoms in total. The number of rotatable bonds is 2. The molecule has 21 heavy (non-hydrogen) atoms. The lowest BCUT2D eigenvalue weighted by Crippen LogP contribution is -2.51. The van der Waals surface area contributed by atoms with Crippen LogP contribution < -0.4 is 5.32 Å². The number of carbonyl (C=O) groups excluding carboxylic acids is 3. The van der Waals surface area contributed by atoms with E-state index >= 15 is 0 Å². The Morgan fingerprint density at radius 2 is 1.86 bits per heavy atom. The number of piperazine rings is 1. The summed E-state index contributed by atoms with van der Waals surface area (Å²) in [5.74, 6) is -2.62. The van der Waals surface area contributed by atoms with Gasteiger partial charge in [0.15, 0.2) is 0 Å². The van der Waals surface area contributed by atoms with E-state index in [9.17, 15) is 19.2 Å². The lowest BCUT2D eigenvalue weighted by Gasteiger charge is -2.25. The maximum Gasteiger partial charge on any atom is 0.335 e. The third-order valence-electron chi connectivity index (χ3n) is 2.90. The van der Waals surface area contributed by atoms with Gasteiger partial charge in [-0.2, -0.15) is 0 Å². The van der Waals surface area contributed by atoms with Crippen molar-refractivity contribution >= 4 is 29.8 Å². The van der Waals surface area contributed by atoms with Gasteiger partial charge in [0.25, 0.3) is 5.91 Å². The van der Waals surface area contributed by atoms with Crippen molar-refractivity contribution in [2.24, 2.45) is 0 Å². The molecule has 0 unspecified atom stereocenters. The number of nitrogens with zero attached hydrogens (tertiary/aromatic N) is 1. The first-order valence-electron chi connectivity index (χ1n) is 6.06. The van der Waals surface area contributed by atoms with Gasteiger partial charge < -0.3 is 10.4 Å². The summed E-state index contributed by atoms with van der Waals surface area (Å²) in [7, 11) is 0. The minimum absolute atomic E-state index is 0.0236. The first-order valence-corrected chi connectivity index (χ1v) is 6.06. The van der Waals surface area contributed by atoms with Crippen LogP contribution in [-0.2, 0) is 14.4 Å². The first-order chi connectivity index (χ1) is 9.88. The number of benzene rings is 1. The van der Waals surface area contributed by atoms with Crippen LogP contribution >= 0.6 is 0 Å². The SMILES string of the molecule is CC(=O)N1CC(=O)N/C(=C\c2ccc(C(=O)O)cc2)C1=O. The highest BCUT2D eigenvalue weighted by Gasteiger charge is 2.30. The summed E-state index contributed by atoms with van der Waals surface area (Å²) in [6.07, 6.45) is 1.39. The van der Waals surface area contributed by atoms with Crippen LogP contribution in [0.5, 0.6) is 0 Å². The van der Waals surface area contributed by atoms with Crippen LogP contribution in [0.1, 0.15) is 22.8 Å². The maximum atomic E-state index is 12.0. The van der Waals surface area contributed by atoms with Crippen molar-refractivity contribution in [3.8, 4) is 0 Å². The smallest absolute Gasteiger partial charge is 0.335 e. The number of carboxylic acid groups (broad SMARTS) is 1. The van der Waals surface area contributed by atoms with Gasteiger partial charge in [0.2, 0.25) is 11.8 Å². The Morgan fingerprint density at radius 3 is 2.38 bits per heavy atom. The molecule has 1 heterocycles. The van der Waals surface area contributed by atoms with Gasteiger partial charge in [0.1, 0.15) is 12.2 Å². The number of amides is 3. The lowest BCUT2D eigenvalue weighted by molar-refractivity contribution is -0.147. The number of carboxylic acids is 1. The van der Waals surface area contributed by atoms with E-state index in [4.69, 9.17) is 5.11 Å². The van der Waals surface area contributed by atoms with Gasteiger partial charge in [0.05, 0.1) is 5.56 Å². The first kappa shape index (κ1) is 14.4. The molecule has 108 valence electrons. The third kappa shape index (κ3) is 3.14. The van der Waals surface area contributed by atoms with Crippen molar-refractivity contribution in [2.45, 2.75) is 6.92 Å². The van der Waals surface area contributed by atoms with E-state index in [1.807, 2.05) is 0 Å². The molecular weight excluding hydrogens is 276 g/mol. The van der Waals surface area contributed by atoms with E-state index in [0.29, 0.717) is 5.56 Å². The molecule has 0 spiro atoms. The van der Waals surface area contributed by atoms with Gasteiger partial charge in [-0.25, -0.2) is 4.79 Å². The molecule has 7 heteroatoms. The zero-order valence-electron chi connectivity index (χ0n) is 11.1. The van der Waals surface area contributed by atoms with Crippen LogP contribution in [0.15, 0.2) is 30.0 Å². The molecule has 2 N–H and O–H groups in total. The van der Waals surface area contributed by atoms with E-state index in [0.717, 1.165) is 4.90 Å². The van der Waals surface area contributed by atoms with Gasteiger partial charge in [-0.05, 0) is 23.8 Å². The van der Waals surface area contributed by atoms with Crippen molar-refractivity contribution in [1.82, 2.24) is 10.2 Å². The molecule has 1 saturated heterocycles. The molecule has 0 aliphatic carbocycles. The number of imide groups is 1. The molecule has 1 aliphatic rings. The average molecular weight is 288 g/mol. The Kier molecular flexibility index (Phi) is 3.84. The lowest BCUT2D eigenvalue weighted by atomic mass is 10.1. The van der Waals surface area contributed by atoms with Crippen LogP contribution in [-0.4, -0.2) is 40.2 Å². The van der Waals surface area contributed by atoms with Gasteiger partial charge in [-0.15, -0.1) is 0 Å². The molecule has 3 amide bonds. The summed E-state index contributed by atoms with van der Waals surface area (Å²) in [6.45, 7) is 0.902. The minimum Gasteiger partial charge on any atom is -0.478 e. The predicted molar refractivity (Wildman–Crippen MR) is 71.9 cm³/mol. The summed E-state index contributed by atoms with van der Waals surface area (Å²) in [5, 5.41) is 11.2. The fourth-order valence-corrected chi connectivity index (χ4v) is 1.84. The zero-order valence-corrected chi connectivity index (χ0v) is 11.1. The Morgan fingerprint density at radius 1 is 1.24 bits per heavy atom. The van der Waals surface area contributed by atoms with Crippen molar-refractivity contribution < 1.29 is 24.3 Å². The van der Waals surface area contributed by atoms with Crippen LogP contribution in [0, 0.1) is 0 Å². The molecule has 1 aromatic rings. The summed E-state index contributed by atoms with van der Waals surface area (Å²) in [5.41, 5.74) is 0.625. The van der Waals surface area contributed by atoms with Crippen molar-refractivity contribution in [3.63, 3.8) is 0 Å². The molecule has 0 saturated carbocycles. The van der Waals surface area contributed by atoms with Gasteiger partial charge in [0, 0.05) is 6.92 Å². The second-order valence-electron chi connectivity index (χ2n) is 4.44. The summed E-state index contributed by atoms with van der Waals surface area (Å²) in [4.78, 5) is 46.4. The standard InChI is InChI=1S/C14H12N2O5/c1-8(17)16-7-12(18)15-11(13(16)19)6-9-2-4-10(5-3-9)14(20)21/h2-6H,7H2,1H3,(H,15,18)(H,20,21)/b11-6-. The monoisotopic (exact) mass is 288 g/mol. The zero-order chi connectivity index (χ0) is 15.6. The highest BCUT2D eigenvalue weighted by Crippen LogP contribution is 2.12. The summed E-state index contributed by atoms with van der Waals surface area (Å²) < 4.78 is 0. The highest BCUT2D eigenvalue weighted by molar-refractivity contribution is 6.12. The van der Waals surface area contributed by atoms with E-state index in [1.165, 1.54) is 37.3 Å². The van der Waals surface area contributed by atoms with Crippen molar-refractivity contribution in [3.05, 3.63) is 41.1 Å². The summed E-state index contributed by atoms with van der Waals surface area (Å²) >= 11 is 0. The average Bonchev–Trinajstić information content (AvgIpc) is 2.42. The molecule has 0 radical (unpaired) electrons. The number of aromatic carboxylic acids is 1. The molecule has 1 aliphatic heterocycles. The predicted octanol–water partition coefficient (Wildman–Crippen LogP) is 0.231. The Bertz CT molecular complexity index is 660. The second-order valence-corrected chi connectivity index (χ2v) is 4.44. The Hall–Kier alpha value is -2.96. The fourth-order valence-electron chi connectivity index (χ4n) is 1.84. The molecule has 1 aromatic carbocycles. The van der Waals surface area contributed by atoms with E-state index in [-0.39, 0.29) is 17.8 Å². The Labute approximate surface area is 119 Å². The van der Waals surface area contributed by atoms with Gasteiger partial charge >= 0.3 is 5.97 Å². The molecule has 0 aromatic heterocycles. The molecular formula is C14H12N2O5. The number of hydrogen-bond acceptors (Lipinski definition) is 4. The third-order valence-corrected chi connectivity index (χ3v) is 2.90. The van der Waals surface area contributed by atoms with Crippen LogP contribution in [0.4, 0.5) is 0 Å². The van der Waals surface area contributed by atoms with Gasteiger partial charge in [-0.1, -0.05) is 12.1 Å². The topological polar surface area (TPSA) is 104 Å². The van der Waals surface area contributed by atoms with Crippen LogP contribution in [0.2, 0.25) is 0 Å². The maximum absolute atomic E-state index is 12.0. The molecule has 0 atom stereocenters. The van der Waals surface area contributed by atoms with Crippen molar-refractivity contribution in [2.75, 3.05) is 6.54 Å².